The van der Waals surface area contributed by atoms with E-state index >= 15 is 0 Å². The number of allylic oxidation sites excluding steroid dienone is 1. The van der Waals surface area contributed by atoms with Crippen LogP contribution in [0.2, 0.25) is 0 Å². The topological polar surface area (TPSA) is 53.5 Å². The van der Waals surface area contributed by atoms with Crippen molar-refractivity contribution in [2.24, 2.45) is 5.10 Å². The van der Waals surface area contributed by atoms with E-state index in [1.807, 2.05) is 55.5 Å². The molecule has 1 amide bonds. The zero-order valence-corrected chi connectivity index (χ0v) is 16.3. The van der Waals surface area contributed by atoms with Crippen molar-refractivity contribution < 1.29 is 4.79 Å². The third-order valence-electron chi connectivity index (χ3n) is 3.17. The van der Waals surface area contributed by atoms with E-state index in [4.69, 9.17) is 0 Å². The van der Waals surface area contributed by atoms with Crippen LogP contribution in [0.25, 0.3) is 6.08 Å². The lowest BCUT2D eigenvalue weighted by Crippen LogP contribution is -2.25. The molecule has 4 nitrogen and oxygen atoms in total. The number of rotatable bonds is 6. The van der Waals surface area contributed by atoms with Crippen LogP contribution in [0.3, 0.4) is 0 Å². The summed E-state index contributed by atoms with van der Waals surface area (Å²) >= 11 is 6.96. The Morgan fingerprint density at radius 3 is 2.50 bits per heavy atom. The third kappa shape index (κ3) is 5.94. The highest BCUT2D eigenvalue weighted by molar-refractivity contribution is 9.11. The maximum absolute atomic E-state index is 11.8. The first-order valence-electron chi connectivity index (χ1n) is 7.29. The number of halogens is 2. The number of anilines is 1. The highest BCUT2D eigenvalue weighted by Gasteiger charge is 2.04. The number of hydrazone groups is 1. The summed E-state index contributed by atoms with van der Waals surface area (Å²) in [6.45, 7) is 2.14. The maximum atomic E-state index is 11.8. The van der Waals surface area contributed by atoms with E-state index in [-0.39, 0.29) is 12.5 Å². The van der Waals surface area contributed by atoms with Crippen molar-refractivity contribution >= 4 is 55.7 Å². The molecule has 0 saturated heterocycles. The molecule has 24 heavy (non-hydrogen) atoms. The van der Waals surface area contributed by atoms with Crippen molar-refractivity contribution in [3.8, 4) is 0 Å². The minimum absolute atomic E-state index is 0.141. The molecule has 2 rings (SSSR count). The molecule has 0 heterocycles. The molecule has 0 aliphatic carbocycles. The number of hydrogen-bond donors (Lipinski definition) is 2. The van der Waals surface area contributed by atoms with E-state index in [2.05, 4.69) is 47.7 Å². The van der Waals surface area contributed by atoms with Crippen LogP contribution in [-0.4, -0.2) is 18.7 Å². The van der Waals surface area contributed by atoms with Gasteiger partial charge in [-0.3, -0.25) is 4.79 Å². The zero-order valence-electron chi connectivity index (χ0n) is 13.1. The fourth-order valence-corrected chi connectivity index (χ4v) is 3.03. The van der Waals surface area contributed by atoms with Crippen molar-refractivity contribution in [1.82, 2.24) is 5.43 Å². The van der Waals surface area contributed by atoms with Crippen LogP contribution in [0.5, 0.6) is 0 Å². The number of benzene rings is 2. The molecule has 0 atom stereocenters. The van der Waals surface area contributed by atoms with E-state index in [0.717, 1.165) is 25.8 Å². The van der Waals surface area contributed by atoms with E-state index in [1.54, 1.807) is 12.3 Å². The highest BCUT2D eigenvalue weighted by Crippen LogP contribution is 2.28. The number of nitrogens with zero attached hydrogens (tertiary/aromatic N) is 1. The van der Waals surface area contributed by atoms with Crippen LogP contribution >= 0.6 is 31.9 Å². The van der Waals surface area contributed by atoms with Gasteiger partial charge in [0.2, 0.25) is 0 Å². The summed E-state index contributed by atoms with van der Waals surface area (Å²) in [6, 6.07) is 13.7. The Morgan fingerprint density at radius 2 is 1.83 bits per heavy atom. The predicted octanol–water partition coefficient (Wildman–Crippen LogP) is 4.75. The van der Waals surface area contributed by atoms with Crippen LogP contribution in [-0.2, 0) is 4.79 Å². The Labute approximate surface area is 158 Å². The Balaban J connectivity index is 1.77. The van der Waals surface area contributed by atoms with E-state index < -0.39 is 0 Å². The van der Waals surface area contributed by atoms with Crippen LogP contribution in [0.4, 0.5) is 5.69 Å². The SMILES string of the molecule is Cc1c(Br)cc(NCC(=O)N/N=C/C=C/c2ccccc2)cc1Br. The van der Waals surface area contributed by atoms with Gasteiger partial charge < -0.3 is 5.32 Å². The maximum Gasteiger partial charge on any atom is 0.259 e. The molecular weight excluding hydrogens is 434 g/mol. The molecule has 0 saturated carbocycles. The van der Waals surface area contributed by atoms with Gasteiger partial charge >= 0.3 is 0 Å². The molecule has 0 aliphatic heterocycles. The summed E-state index contributed by atoms with van der Waals surface area (Å²) in [5, 5.41) is 6.93. The monoisotopic (exact) mass is 449 g/mol. The van der Waals surface area contributed by atoms with E-state index in [9.17, 15) is 4.79 Å². The molecule has 0 bridgehead atoms. The number of hydrogen-bond acceptors (Lipinski definition) is 3. The first kappa shape index (κ1) is 18.4. The quantitative estimate of drug-likeness (QED) is 0.493. The molecule has 0 unspecified atom stereocenters. The average molecular weight is 451 g/mol. The lowest BCUT2D eigenvalue weighted by atomic mass is 10.2. The Bertz CT molecular complexity index is 735. The molecule has 0 aliphatic rings. The van der Waals surface area contributed by atoms with Crippen LogP contribution in [0, 0.1) is 6.92 Å². The molecule has 2 N–H and O–H groups in total. The van der Waals surface area contributed by atoms with Crippen molar-refractivity contribution in [3.05, 3.63) is 68.6 Å². The highest BCUT2D eigenvalue weighted by atomic mass is 79.9. The molecule has 0 spiro atoms. The smallest absolute Gasteiger partial charge is 0.259 e. The molecule has 124 valence electrons. The number of carbonyl (C=O) groups excluding carboxylic acids is 1. The van der Waals surface area contributed by atoms with Crippen molar-refractivity contribution in [1.29, 1.82) is 0 Å². The molecular formula is C18H17Br2N3O. The van der Waals surface area contributed by atoms with Gasteiger partial charge in [0.05, 0.1) is 6.54 Å². The standard InChI is InChI=1S/C18H17Br2N3O/c1-13-16(19)10-15(11-17(13)20)21-12-18(24)23-22-9-5-8-14-6-3-2-4-7-14/h2-11,21H,12H2,1H3,(H,23,24)/b8-5+,22-9+. The molecule has 2 aromatic carbocycles. The fourth-order valence-electron chi connectivity index (χ4n) is 1.84. The Kier molecular flexibility index (Phi) is 7.21. The number of carbonyl (C=O) groups is 1. The Hall–Kier alpha value is -1.92. The summed E-state index contributed by atoms with van der Waals surface area (Å²) in [7, 11) is 0. The van der Waals surface area contributed by atoms with Crippen molar-refractivity contribution in [3.63, 3.8) is 0 Å². The van der Waals surface area contributed by atoms with Crippen LogP contribution < -0.4 is 10.7 Å². The molecule has 2 aromatic rings. The summed E-state index contributed by atoms with van der Waals surface area (Å²) < 4.78 is 1.95. The first-order valence-corrected chi connectivity index (χ1v) is 8.88. The Morgan fingerprint density at radius 1 is 1.17 bits per heavy atom. The summed E-state index contributed by atoms with van der Waals surface area (Å²) in [4.78, 5) is 11.8. The second-order valence-electron chi connectivity index (χ2n) is 5.00. The van der Waals surface area contributed by atoms with Gasteiger partial charge in [-0.1, -0.05) is 68.3 Å². The molecule has 0 radical (unpaired) electrons. The number of amides is 1. The predicted molar refractivity (Wildman–Crippen MR) is 107 cm³/mol. The lowest BCUT2D eigenvalue weighted by Gasteiger charge is -2.09. The van der Waals surface area contributed by atoms with Gasteiger partial charge in [0.15, 0.2) is 0 Å². The summed E-state index contributed by atoms with van der Waals surface area (Å²) in [5.74, 6) is -0.216. The number of nitrogens with one attached hydrogen (secondary N) is 2. The van der Waals surface area contributed by atoms with Crippen LogP contribution in [0.1, 0.15) is 11.1 Å². The van der Waals surface area contributed by atoms with Gasteiger partial charge in [-0.05, 0) is 36.3 Å². The van der Waals surface area contributed by atoms with Crippen molar-refractivity contribution in [2.45, 2.75) is 6.92 Å². The van der Waals surface area contributed by atoms with Gasteiger partial charge in [-0.15, -0.1) is 0 Å². The van der Waals surface area contributed by atoms with Gasteiger partial charge in [-0.25, -0.2) is 5.43 Å². The second-order valence-corrected chi connectivity index (χ2v) is 6.71. The van der Waals surface area contributed by atoms with E-state index in [1.165, 1.54) is 0 Å². The third-order valence-corrected chi connectivity index (χ3v) is 4.82. The van der Waals surface area contributed by atoms with Crippen molar-refractivity contribution in [2.75, 3.05) is 11.9 Å². The van der Waals surface area contributed by atoms with Gasteiger partial charge in [0.1, 0.15) is 0 Å². The summed E-state index contributed by atoms with van der Waals surface area (Å²) in [5.41, 5.74) is 5.51. The first-order chi connectivity index (χ1) is 11.6. The normalized spacial score (nSPS) is 11.1. The largest absolute Gasteiger partial charge is 0.376 e. The lowest BCUT2D eigenvalue weighted by molar-refractivity contribution is -0.119. The fraction of sp³-hybridized carbons (Fsp3) is 0.111. The van der Waals surface area contributed by atoms with Gasteiger partial charge in [0.25, 0.3) is 5.91 Å². The van der Waals surface area contributed by atoms with E-state index in [0.29, 0.717) is 0 Å². The van der Waals surface area contributed by atoms with Gasteiger partial charge in [-0.2, -0.15) is 5.10 Å². The minimum atomic E-state index is -0.216. The molecule has 0 fully saturated rings. The molecule has 0 aromatic heterocycles. The van der Waals surface area contributed by atoms with Gasteiger partial charge in [0, 0.05) is 20.8 Å². The summed E-state index contributed by atoms with van der Waals surface area (Å²) in [6.07, 6.45) is 5.23. The second kappa shape index (κ2) is 9.39. The van der Waals surface area contributed by atoms with Crippen LogP contribution in [0.15, 0.2) is 62.6 Å². The zero-order chi connectivity index (χ0) is 17.4. The minimum Gasteiger partial charge on any atom is -0.376 e. The average Bonchev–Trinajstić information content (AvgIpc) is 2.58. The molecule has 6 heteroatoms.